The maximum Gasteiger partial charge on any atom is 0.407 e. The van der Waals surface area contributed by atoms with Gasteiger partial charge >= 0.3 is 6.09 Å². The maximum atomic E-state index is 14.7. The number of amides is 1. The minimum absolute atomic E-state index is 0.00606. The molecule has 0 aliphatic carbocycles. The largest absolute Gasteiger partial charge is 0.467 e. The molecule has 0 saturated carbocycles. The molecule has 29 heavy (non-hydrogen) atoms. The summed E-state index contributed by atoms with van der Waals surface area (Å²) in [6, 6.07) is 11.8. The Bertz CT molecular complexity index is 901. The van der Waals surface area contributed by atoms with Gasteiger partial charge in [0.25, 0.3) is 0 Å². The lowest BCUT2D eigenvalue weighted by atomic mass is 9.98. The van der Waals surface area contributed by atoms with E-state index in [0.717, 1.165) is 5.56 Å². The number of halogens is 1. The highest BCUT2D eigenvalue weighted by atomic mass is 19.1. The van der Waals surface area contributed by atoms with E-state index in [0.29, 0.717) is 24.3 Å². The highest BCUT2D eigenvalue weighted by molar-refractivity contribution is 5.73. The van der Waals surface area contributed by atoms with Gasteiger partial charge in [0.05, 0.1) is 5.56 Å². The monoisotopic (exact) mass is 400 g/mol. The quantitative estimate of drug-likeness (QED) is 0.696. The van der Waals surface area contributed by atoms with Crippen LogP contribution in [-0.2, 0) is 15.9 Å². The fourth-order valence-corrected chi connectivity index (χ4v) is 2.64. The molecule has 0 aliphatic heterocycles. The maximum absolute atomic E-state index is 14.7. The lowest BCUT2D eigenvalue weighted by molar-refractivity contribution is 0.0513. The molecule has 0 aliphatic rings. The van der Waals surface area contributed by atoms with Crippen molar-refractivity contribution in [3.05, 3.63) is 53.3 Å². The van der Waals surface area contributed by atoms with Gasteiger partial charge in [-0.25, -0.2) is 9.18 Å². The van der Waals surface area contributed by atoms with Crippen LogP contribution in [0, 0.1) is 17.1 Å². The van der Waals surface area contributed by atoms with Gasteiger partial charge in [-0.05, 0) is 51.0 Å². The molecule has 0 fully saturated rings. The van der Waals surface area contributed by atoms with Crippen LogP contribution in [0.2, 0.25) is 0 Å². The van der Waals surface area contributed by atoms with Crippen LogP contribution in [0.3, 0.4) is 0 Å². The molecule has 2 aromatic carbocycles. The average Bonchev–Trinajstić information content (AvgIpc) is 2.65. The Hall–Kier alpha value is -3.11. The van der Waals surface area contributed by atoms with Crippen molar-refractivity contribution in [2.75, 3.05) is 20.4 Å². The Balaban J connectivity index is 2.23. The SMILES string of the molecule is COCOc1ccc(CCNC(=O)OC(C)(C)C)cc1-c1cccc(C#N)c1F. The molecule has 7 heteroatoms. The molecule has 0 saturated heterocycles. The molecule has 0 spiro atoms. The summed E-state index contributed by atoms with van der Waals surface area (Å²) in [7, 11) is 1.49. The Morgan fingerprint density at radius 3 is 2.62 bits per heavy atom. The Morgan fingerprint density at radius 2 is 1.97 bits per heavy atom. The van der Waals surface area contributed by atoms with E-state index in [-0.39, 0.29) is 17.9 Å². The Labute approximate surface area is 170 Å². The second kappa shape index (κ2) is 9.89. The van der Waals surface area contributed by atoms with Gasteiger partial charge < -0.3 is 19.5 Å². The van der Waals surface area contributed by atoms with Gasteiger partial charge in [0, 0.05) is 24.8 Å². The number of nitrogens with one attached hydrogen (secondary N) is 1. The number of ether oxygens (including phenoxy) is 3. The Morgan fingerprint density at radius 1 is 1.21 bits per heavy atom. The van der Waals surface area contributed by atoms with Crippen molar-refractivity contribution in [3.8, 4) is 22.9 Å². The average molecular weight is 400 g/mol. The number of carbonyl (C=O) groups is 1. The first-order valence-electron chi connectivity index (χ1n) is 9.15. The summed E-state index contributed by atoms with van der Waals surface area (Å²) >= 11 is 0. The fourth-order valence-electron chi connectivity index (χ4n) is 2.64. The first kappa shape index (κ1) is 22.2. The topological polar surface area (TPSA) is 80.6 Å². The number of hydrogen-bond acceptors (Lipinski definition) is 5. The molecule has 154 valence electrons. The van der Waals surface area contributed by atoms with Crippen LogP contribution < -0.4 is 10.1 Å². The van der Waals surface area contributed by atoms with Crippen LogP contribution in [0.4, 0.5) is 9.18 Å². The standard InChI is InChI=1S/C22H25FN2O4/c1-22(2,3)29-21(26)25-11-10-15-8-9-19(28-14-27-4)18(12-15)17-7-5-6-16(13-24)20(17)23/h5-9,12H,10-11,14H2,1-4H3,(H,25,26). The molecule has 0 unspecified atom stereocenters. The number of carbonyl (C=O) groups excluding carboxylic acids is 1. The number of rotatable bonds is 7. The van der Waals surface area contributed by atoms with Crippen molar-refractivity contribution in [1.29, 1.82) is 5.26 Å². The van der Waals surface area contributed by atoms with E-state index in [9.17, 15) is 9.18 Å². The van der Waals surface area contributed by atoms with E-state index in [2.05, 4.69) is 5.32 Å². The summed E-state index contributed by atoms with van der Waals surface area (Å²) in [6.45, 7) is 5.74. The van der Waals surface area contributed by atoms with E-state index >= 15 is 0 Å². The molecular weight excluding hydrogens is 375 g/mol. The zero-order valence-corrected chi connectivity index (χ0v) is 17.0. The predicted molar refractivity (Wildman–Crippen MR) is 107 cm³/mol. The van der Waals surface area contributed by atoms with E-state index in [1.165, 1.54) is 13.2 Å². The summed E-state index contributed by atoms with van der Waals surface area (Å²) in [5.41, 5.74) is 1.02. The number of alkyl carbamates (subject to hydrolysis) is 1. The summed E-state index contributed by atoms with van der Waals surface area (Å²) in [5.74, 6) is -0.175. The van der Waals surface area contributed by atoms with Gasteiger partial charge in [-0.15, -0.1) is 0 Å². The lowest BCUT2D eigenvalue weighted by Gasteiger charge is -2.19. The predicted octanol–water partition coefficient (Wildman–Crippen LogP) is 4.41. The highest BCUT2D eigenvalue weighted by Gasteiger charge is 2.17. The third-order valence-electron chi connectivity index (χ3n) is 3.87. The van der Waals surface area contributed by atoms with Gasteiger partial charge in [0.15, 0.2) is 6.79 Å². The van der Waals surface area contributed by atoms with Crippen LogP contribution >= 0.6 is 0 Å². The summed E-state index contributed by atoms with van der Waals surface area (Å²) in [6.07, 6.45) is 0.0154. The van der Waals surface area contributed by atoms with Crippen molar-refractivity contribution in [1.82, 2.24) is 5.32 Å². The third kappa shape index (κ3) is 6.47. The van der Waals surface area contributed by atoms with Crippen molar-refractivity contribution >= 4 is 6.09 Å². The molecule has 0 bridgehead atoms. The zero-order chi connectivity index (χ0) is 21.4. The molecule has 0 aromatic heterocycles. The number of methoxy groups -OCH3 is 1. The second-order valence-corrected chi connectivity index (χ2v) is 7.34. The van der Waals surface area contributed by atoms with E-state index < -0.39 is 17.5 Å². The minimum atomic E-state index is -0.610. The van der Waals surface area contributed by atoms with Crippen LogP contribution in [0.5, 0.6) is 5.75 Å². The van der Waals surface area contributed by atoms with Crippen molar-refractivity contribution in [2.45, 2.75) is 32.8 Å². The van der Waals surface area contributed by atoms with Gasteiger partial charge in [-0.1, -0.05) is 18.2 Å². The normalized spacial score (nSPS) is 10.9. The molecular formula is C22H25FN2O4. The molecule has 1 N–H and O–H groups in total. The lowest BCUT2D eigenvalue weighted by Crippen LogP contribution is -2.33. The van der Waals surface area contributed by atoms with Crippen molar-refractivity contribution in [2.24, 2.45) is 0 Å². The summed E-state index contributed by atoms with van der Waals surface area (Å²) in [4.78, 5) is 11.8. The zero-order valence-electron chi connectivity index (χ0n) is 17.0. The van der Waals surface area contributed by atoms with Crippen molar-refractivity contribution < 1.29 is 23.4 Å². The molecule has 0 atom stereocenters. The summed E-state index contributed by atoms with van der Waals surface area (Å²) in [5, 5.41) is 11.8. The first-order valence-corrected chi connectivity index (χ1v) is 9.15. The fraction of sp³-hybridized carbons (Fsp3) is 0.364. The molecule has 1 amide bonds. The number of nitriles is 1. The van der Waals surface area contributed by atoms with Gasteiger partial charge in [0.1, 0.15) is 23.2 Å². The van der Waals surface area contributed by atoms with Crippen LogP contribution in [-0.4, -0.2) is 32.1 Å². The van der Waals surface area contributed by atoms with Gasteiger partial charge in [-0.3, -0.25) is 0 Å². The first-order chi connectivity index (χ1) is 13.7. The molecule has 0 heterocycles. The van der Waals surface area contributed by atoms with Crippen LogP contribution in [0.1, 0.15) is 31.9 Å². The molecule has 0 radical (unpaired) electrons. The van der Waals surface area contributed by atoms with Gasteiger partial charge in [-0.2, -0.15) is 5.26 Å². The highest BCUT2D eigenvalue weighted by Crippen LogP contribution is 2.34. The third-order valence-corrected chi connectivity index (χ3v) is 3.87. The molecule has 2 rings (SSSR count). The van der Waals surface area contributed by atoms with Crippen LogP contribution in [0.15, 0.2) is 36.4 Å². The summed E-state index contributed by atoms with van der Waals surface area (Å²) < 4.78 is 30.4. The smallest absolute Gasteiger partial charge is 0.407 e. The minimum Gasteiger partial charge on any atom is -0.467 e. The van der Waals surface area contributed by atoms with E-state index in [1.807, 2.05) is 12.1 Å². The second-order valence-electron chi connectivity index (χ2n) is 7.34. The van der Waals surface area contributed by atoms with E-state index in [4.69, 9.17) is 19.5 Å². The van der Waals surface area contributed by atoms with Crippen LogP contribution in [0.25, 0.3) is 11.1 Å². The Kier molecular flexibility index (Phi) is 7.57. The van der Waals surface area contributed by atoms with Crippen molar-refractivity contribution in [3.63, 3.8) is 0 Å². The van der Waals surface area contributed by atoms with E-state index in [1.54, 1.807) is 45.0 Å². The molecule has 6 nitrogen and oxygen atoms in total. The number of nitrogens with zero attached hydrogens (tertiary/aromatic N) is 1. The number of benzene rings is 2. The molecule has 2 aromatic rings. The van der Waals surface area contributed by atoms with Gasteiger partial charge in [0.2, 0.25) is 0 Å². The number of hydrogen-bond donors (Lipinski definition) is 1.